The van der Waals surface area contributed by atoms with Crippen LogP contribution in [-0.2, 0) is 0 Å². The normalized spacial score (nSPS) is 15.4. The fourth-order valence-corrected chi connectivity index (χ4v) is 3.27. The maximum Gasteiger partial charge on any atom is 0.270 e. The molecule has 6 nitrogen and oxygen atoms in total. The lowest BCUT2D eigenvalue weighted by Gasteiger charge is -2.22. The van der Waals surface area contributed by atoms with Crippen molar-refractivity contribution in [3.05, 3.63) is 53.9 Å². The number of rotatable bonds is 2. The molecule has 1 saturated heterocycles. The van der Waals surface area contributed by atoms with E-state index in [1.165, 1.54) is 0 Å². The minimum atomic E-state index is 0.0630. The number of anilines is 1. The highest BCUT2D eigenvalue weighted by molar-refractivity contribution is 5.98. The molecule has 6 heteroatoms. The third-order valence-electron chi connectivity index (χ3n) is 4.65. The molecule has 0 aliphatic carbocycles. The van der Waals surface area contributed by atoms with E-state index in [1.807, 2.05) is 54.3 Å². The van der Waals surface area contributed by atoms with Crippen molar-refractivity contribution in [3.8, 4) is 0 Å². The molecule has 1 fully saturated rings. The van der Waals surface area contributed by atoms with Crippen molar-refractivity contribution in [2.24, 2.45) is 0 Å². The summed E-state index contributed by atoms with van der Waals surface area (Å²) in [6.45, 7) is 5.02. The average molecular weight is 335 g/mol. The lowest BCUT2D eigenvalue weighted by molar-refractivity contribution is 0.0762. The number of hydrogen-bond acceptors (Lipinski definition) is 4. The third kappa shape index (κ3) is 3.20. The number of carbonyl (C=O) groups excluding carboxylic acids is 1. The predicted octanol–water partition coefficient (Wildman–Crippen LogP) is 2.62. The van der Waals surface area contributed by atoms with Crippen LogP contribution >= 0.6 is 0 Å². The van der Waals surface area contributed by atoms with Crippen LogP contribution in [0.4, 0.5) is 5.82 Å². The van der Waals surface area contributed by atoms with Gasteiger partial charge in [0.25, 0.3) is 5.91 Å². The molecule has 1 aromatic carbocycles. The Hall–Kier alpha value is -2.89. The van der Waals surface area contributed by atoms with Crippen LogP contribution in [0.3, 0.4) is 0 Å². The molecule has 1 amide bonds. The Morgan fingerprint density at radius 1 is 1.04 bits per heavy atom. The quantitative estimate of drug-likeness (QED) is 0.782. The molecule has 0 radical (unpaired) electrons. The number of amides is 1. The number of aromatic nitrogens is 3. The first-order valence-corrected chi connectivity index (χ1v) is 8.63. The number of H-pyrrole nitrogens is 1. The number of carbonyl (C=O) groups is 1. The van der Waals surface area contributed by atoms with E-state index >= 15 is 0 Å². The van der Waals surface area contributed by atoms with Gasteiger partial charge in [-0.25, -0.2) is 0 Å². The van der Waals surface area contributed by atoms with Gasteiger partial charge in [-0.3, -0.25) is 4.79 Å². The van der Waals surface area contributed by atoms with Gasteiger partial charge in [0.1, 0.15) is 5.69 Å². The van der Waals surface area contributed by atoms with Crippen molar-refractivity contribution < 1.29 is 4.79 Å². The molecule has 0 atom stereocenters. The van der Waals surface area contributed by atoms with Crippen molar-refractivity contribution >= 4 is 22.6 Å². The average Bonchev–Trinajstić information content (AvgIpc) is 2.92. The molecule has 3 heterocycles. The SMILES string of the molecule is Cc1ccc(N2CCCN(C(=O)c3cc4ccccc4[nH]3)CC2)nn1. The second-order valence-corrected chi connectivity index (χ2v) is 6.44. The zero-order chi connectivity index (χ0) is 17.2. The van der Waals surface area contributed by atoms with Crippen LogP contribution in [0.1, 0.15) is 22.6 Å². The Labute approximate surface area is 146 Å². The second kappa shape index (κ2) is 6.55. The van der Waals surface area contributed by atoms with Crippen LogP contribution in [0, 0.1) is 6.92 Å². The highest BCUT2D eigenvalue weighted by atomic mass is 16.2. The molecule has 128 valence electrons. The van der Waals surface area contributed by atoms with Gasteiger partial charge in [-0.1, -0.05) is 18.2 Å². The maximum atomic E-state index is 12.9. The van der Waals surface area contributed by atoms with Crippen LogP contribution in [-0.4, -0.2) is 52.2 Å². The number of hydrogen-bond donors (Lipinski definition) is 1. The van der Waals surface area contributed by atoms with Gasteiger partial charge in [-0.15, -0.1) is 5.10 Å². The Kier molecular flexibility index (Phi) is 4.09. The Balaban J connectivity index is 1.48. The van der Waals surface area contributed by atoms with Gasteiger partial charge in [0.2, 0.25) is 0 Å². The number of para-hydroxylation sites is 1. The van der Waals surface area contributed by atoms with Crippen molar-refractivity contribution in [1.29, 1.82) is 0 Å². The van der Waals surface area contributed by atoms with E-state index in [-0.39, 0.29) is 5.91 Å². The summed E-state index contributed by atoms with van der Waals surface area (Å²) in [5.41, 5.74) is 2.57. The first kappa shape index (κ1) is 15.6. The summed E-state index contributed by atoms with van der Waals surface area (Å²) in [5.74, 6) is 0.943. The smallest absolute Gasteiger partial charge is 0.270 e. The molecule has 0 unspecified atom stereocenters. The number of benzene rings is 1. The van der Waals surface area contributed by atoms with Gasteiger partial charge in [0.05, 0.1) is 5.69 Å². The lowest BCUT2D eigenvalue weighted by Crippen LogP contribution is -2.35. The zero-order valence-electron chi connectivity index (χ0n) is 14.3. The van der Waals surface area contributed by atoms with Crippen LogP contribution in [0.5, 0.6) is 0 Å². The summed E-state index contributed by atoms with van der Waals surface area (Å²) in [4.78, 5) is 20.2. The van der Waals surface area contributed by atoms with Crippen LogP contribution in [0.25, 0.3) is 10.9 Å². The Morgan fingerprint density at radius 3 is 2.72 bits per heavy atom. The second-order valence-electron chi connectivity index (χ2n) is 6.44. The van der Waals surface area contributed by atoms with E-state index in [2.05, 4.69) is 20.1 Å². The van der Waals surface area contributed by atoms with Gasteiger partial charge in [-0.2, -0.15) is 5.10 Å². The topological polar surface area (TPSA) is 65.1 Å². The molecule has 25 heavy (non-hydrogen) atoms. The van der Waals surface area contributed by atoms with Crippen LogP contribution < -0.4 is 4.90 Å². The summed E-state index contributed by atoms with van der Waals surface area (Å²) in [7, 11) is 0. The number of nitrogens with zero attached hydrogens (tertiary/aromatic N) is 4. The Morgan fingerprint density at radius 2 is 1.92 bits per heavy atom. The molecular formula is C19H21N5O. The maximum absolute atomic E-state index is 12.9. The predicted molar refractivity (Wildman–Crippen MR) is 97.8 cm³/mol. The summed E-state index contributed by atoms with van der Waals surface area (Å²) >= 11 is 0. The van der Waals surface area contributed by atoms with E-state index in [0.717, 1.165) is 48.5 Å². The molecule has 1 aliphatic rings. The highest BCUT2D eigenvalue weighted by Crippen LogP contribution is 2.18. The van der Waals surface area contributed by atoms with Gasteiger partial charge in [0.15, 0.2) is 5.82 Å². The fraction of sp³-hybridized carbons (Fsp3) is 0.316. The minimum absolute atomic E-state index is 0.0630. The Bertz CT molecular complexity index is 853. The lowest BCUT2D eigenvalue weighted by atomic mass is 10.2. The first-order chi connectivity index (χ1) is 12.2. The van der Waals surface area contributed by atoms with E-state index in [9.17, 15) is 4.79 Å². The molecule has 4 rings (SSSR count). The highest BCUT2D eigenvalue weighted by Gasteiger charge is 2.22. The zero-order valence-corrected chi connectivity index (χ0v) is 14.3. The molecule has 2 aromatic heterocycles. The minimum Gasteiger partial charge on any atom is -0.353 e. The molecule has 1 N–H and O–H groups in total. The molecule has 3 aromatic rings. The molecular weight excluding hydrogens is 314 g/mol. The largest absolute Gasteiger partial charge is 0.353 e. The van der Waals surface area contributed by atoms with Crippen LogP contribution in [0.15, 0.2) is 42.5 Å². The van der Waals surface area contributed by atoms with E-state index in [1.54, 1.807) is 0 Å². The molecule has 1 aliphatic heterocycles. The first-order valence-electron chi connectivity index (χ1n) is 8.63. The van der Waals surface area contributed by atoms with Crippen molar-refractivity contribution in [1.82, 2.24) is 20.1 Å². The third-order valence-corrected chi connectivity index (χ3v) is 4.65. The van der Waals surface area contributed by atoms with E-state index < -0.39 is 0 Å². The van der Waals surface area contributed by atoms with Crippen LogP contribution in [0.2, 0.25) is 0 Å². The number of nitrogens with one attached hydrogen (secondary N) is 1. The monoisotopic (exact) mass is 335 g/mol. The molecule has 0 saturated carbocycles. The van der Waals surface area contributed by atoms with Gasteiger partial charge in [0, 0.05) is 37.1 Å². The van der Waals surface area contributed by atoms with Gasteiger partial charge < -0.3 is 14.8 Å². The molecule has 0 spiro atoms. The van der Waals surface area contributed by atoms with Crippen molar-refractivity contribution in [2.75, 3.05) is 31.1 Å². The molecule has 0 bridgehead atoms. The summed E-state index contributed by atoms with van der Waals surface area (Å²) < 4.78 is 0. The summed E-state index contributed by atoms with van der Waals surface area (Å²) in [6, 6.07) is 13.9. The van der Waals surface area contributed by atoms with Gasteiger partial charge in [-0.05, 0) is 37.6 Å². The van der Waals surface area contributed by atoms with E-state index in [4.69, 9.17) is 0 Å². The van der Waals surface area contributed by atoms with E-state index in [0.29, 0.717) is 12.2 Å². The number of aryl methyl sites for hydroxylation is 1. The van der Waals surface area contributed by atoms with Crippen molar-refractivity contribution in [2.45, 2.75) is 13.3 Å². The van der Waals surface area contributed by atoms with Gasteiger partial charge >= 0.3 is 0 Å². The number of fused-ring (bicyclic) bond motifs is 1. The summed E-state index contributed by atoms with van der Waals surface area (Å²) in [5, 5.41) is 9.47. The fourth-order valence-electron chi connectivity index (χ4n) is 3.27. The summed E-state index contributed by atoms with van der Waals surface area (Å²) in [6.07, 6.45) is 0.918. The number of aromatic amines is 1. The standard InChI is InChI=1S/C19H21N5O/c1-14-7-8-18(22-21-14)23-9-4-10-24(12-11-23)19(25)17-13-15-5-2-3-6-16(15)20-17/h2-3,5-8,13,20H,4,9-12H2,1H3. The van der Waals surface area contributed by atoms with Crippen molar-refractivity contribution in [3.63, 3.8) is 0 Å².